The summed E-state index contributed by atoms with van der Waals surface area (Å²) in [5.41, 5.74) is 3.10. The molecule has 5 heteroatoms. The summed E-state index contributed by atoms with van der Waals surface area (Å²) in [6, 6.07) is 15.4. The Labute approximate surface area is 140 Å². The molecule has 0 aliphatic heterocycles. The molecule has 124 valence electrons. The summed E-state index contributed by atoms with van der Waals surface area (Å²) in [6.45, 7) is 1.21. The van der Waals surface area contributed by atoms with E-state index in [-0.39, 0.29) is 5.91 Å². The summed E-state index contributed by atoms with van der Waals surface area (Å²) in [5.74, 6) is 0.530. The lowest BCUT2D eigenvalue weighted by atomic mass is 10.1. The SMILES string of the molecule is COCCCNC(=O)c1ccc2nc(Cc3ccccc3)oc2c1. The maximum Gasteiger partial charge on any atom is 0.251 e. The van der Waals surface area contributed by atoms with Gasteiger partial charge < -0.3 is 14.5 Å². The first-order valence-electron chi connectivity index (χ1n) is 7.97. The second-order valence-electron chi connectivity index (χ2n) is 5.55. The molecule has 1 aromatic heterocycles. The molecule has 0 saturated carbocycles. The lowest BCUT2D eigenvalue weighted by Crippen LogP contribution is -2.25. The summed E-state index contributed by atoms with van der Waals surface area (Å²) >= 11 is 0. The van der Waals surface area contributed by atoms with Crippen LogP contribution in [-0.4, -0.2) is 31.2 Å². The van der Waals surface area contributed by atoms with Gasteiger partial charge in [0.15, 0.2) is 11.5 Å². The molecule has 0 spiro atoms. The average molecular weight is 324 g/mol. The minimum Gasteiger partial charge on any atom is -0.440 e. The predicted molar refractivity (Wildman–Crippen MR) is 92.1 cm³/mol. The third kappa shape index (κ3) is 4.00. The molecule has 3 aromatic rings. The molecule has 1 heterocycles. The zero-order valence-corrected chi connectivity index (χ0v) is 13.6. The van der Waals surface area contributed by atoms with Crippen molar-refractivity contribution >= 4 is 17.0 Å². The van der Waals surface area contributed by atoms with Gasteiger partial charge in [0.2, 0.25) is 0 Å². The Hall–Kier alpha value is -2.66. The van der Waals surface area contributed by atoms with E-state index in [9.17, 15) is 4.79 Å². The quantitative estimate of drug-likeness (QED) is 0.678. The van der Waals surface area contributed by atoms with Gasteiger partial charge >= 0.3 is 0 Å². The van der Waals surface area contributed by atoms with Crippen LogP contribution in [0.5, 0.6) is 0 Å². The molecular weight excluding hydrogens is 304 g/mol. The number of rotatable bonds is 7. The molecule has 1 N–H and O–H groups in total. The van der Waals surface area contributed by atoms with Crippen molar-refractivity contribution in [3.8, 4) is 0 Å². The van der Waals surface area contributed by atoms with Crippen molar-refractivity contribution in [1.29, 1.82) is 0 Å². The molecule has 0 unspecified atom stereocenters. The van der Waals surface area contributed by atoms with E-state index < -0.39 is 0 Å². The van der Waals surface area contributed by atoms with Gasteiger partial charge in [-0.15, -0.1) is 0 Å². The lowest BCUT2D eigenvalue weighted by molar-refractivity contribution is 0.0948. The fourth-order valence-corrected chi connectivity index (χ4v) is 2.48. The van der Waals surface area contributed by atoms with Gasteiger partial charge in [-0.1, -0.05) is 30.3 Å². The topological polar surface area (TPSA) is 64.4 Å². The number of amides is 1. The number of methoxy groups -OCH3 is 1. The number of nitrogens with one attached hydrogen (secondary N) is 1. The molecule has 0 bridgehead atoms. The molecular formula is C19H20N2O3. The molecule has 0 atom stereocenters. The number of ether oxygens (including phenoxy) is 1. The molecule has 1 amide bonds. The maximum absolute atomic E-state index is 12.1. The van der Waals surface area contributed by atoms with Crippen LogP contribution in [0, 0.1) is 0 Å². The number of hydrogen-bond donors (Lipinski definition) is 1. The Kier molecular flexibility index (Phi) is 5.23. The summed E-state index contributed by atoms with van der Waals surface area (Å²) in [6.07, 6.45) is 1.42. The van der Waals surface area contributed by atoms with E-state index in [1.807, 2.05) is 36.4 Å². The minimum absolute atomic E-state index is 0.117. The highest BCUT2D eigenvalue weighted by Crippen LogP contribution is 2.19. The maximum atomic E-state index is 12.1. The van der Waals surface area contributed by atoms with Crippen LogP contribution in [-0.2, 0) is 11.2 Å². The predicted octanol–water partition coefficient (Wildman–Crippen LogP) is 3.18. The highest BCUT2D eigenvalue weighted by atomic mass is 16.5. The van der Waals surface area contributed by atoms with E-state index in [2.05, 4.69) is 10.3 Å². The molecule has 0 fully saturated rings. The fourth-order valence-electron chi connectivity index (χ4n) is 2.48. The molecule has 24 heavy (non-hydrogen) atoms. The monoisotopic (exact) mass is 324 g/mol. The first kappa shape index (κ1) is 16.2. The van der Waals surface area contributed by atoms with Gasteiger partial charge in [-0.2, -0.15) is 0 Å². The molecule has 0 radical (unpaired) electrons. The van der Waals surface area contributed by atoms with Gasteiger partial charge in [0.1, 0.15) is 5.52 Å². The Balaban J connectivity index is 1.70. The number of carbonyl (C=O) groups is 1. The Morgan fingerprint density at radius 2 is 2.04 bits per heavy atom. The first-order chi connectivity index (χ1) is 11.8. The van der Waals surface area contributed by atoms with Gasteiger partial charge in [0.05, 0.1) is 0 Å². The summed E-state index contributed by atoms with van der Waals surface area (Å²) < 4.78 is 10.8. The van der Waals surface area contributed by atoms with Gasteiger partial charge in [-0.25, -0.2) is 4.98 Å². The largest absolute Gasteiger partial charge is 0.440 e. The molecule has 0 aliphatic carbocycles. The van der Waals surface area contributed by atoms with Crippen LogP contribution >= 0.6 is 0 Å². The van der Waals surface area contributed by atoms with Crippen molar-refractivity contribution in [1.82, 2.24) is 10.3 Å². The number of nitrogens with zero attached hydrogens (tertiary/aromatic N) is 1. The number of oxazole rings is 1. The van der Waals surface area contributed by atoms with E-state index in [4.69, 9.17) is 9.15 Å². The summed E-state index contributed by atoms with van der Waals surface area (Å²) in [7, 11) is 1.65. The highest BCUT2D eigenvalue weighted by molar-refractivity contribution is 5.96. The average Bonchev–Trinajstić information content (AvgIpc) is 3.00. The number of carbonyl (C=O) groups excluding carboxylic acids is 1. The highest BCUT2D eigenvalue weighted by Gasteiger charge is 2.11. The van der Waals surface area contributed by atoms with Crippen molar-refractivity contribution < 1.29 is 13.9 Å². The zero-order valence-electron chi connectivity index (χ0n) is 13.6. The van der Waals surface area contributed by atoms with Crippen molar-refractivity contribution in [2.75, 3.05) is 20.3 Å². The van der Waals surface area contributed by atoms with Crippen LogP contribution in [0.25, 0.3) is 11.1 Å². The van der Waals surface area contributed by atoms with Crippen LogP contribution < -0.4 is 5.32 Å². The molecule has 0 aliphatic rings. The Bertz CT molecular complexity index is 812. The van der Waals surface area contributed by atoms with Crippen LogP contribution in [0.2, 0.25) is 0 Å². The second kappa shape index (κ2) is 7.75. The van der Waals surface area contributed by atoms with Gasteiger partial charge in [-0.3, -0.25) is 4.79 Å². The van der Waals surface area contributed by atoms with Crippen LogP contribution in [0.4, 0.5) is 0 Å². The van der Waals surface area contributed by atoms with Gasteiger partial charge in [-0.05, 0) is 30.2 Å². The number of hydrogen-bond acceptors (Lipinski definition) is 4. The van der Waals surface area contributed by atoms with E-state index in [0.29, 0.717) is 36.6 Å². The third-order valence-corrected chi connectivity index (χ3v) is 3.70. The van der Waals surface area contributed by atoms with E-state index in [0.717, 1.165) is 17.5 Å². The summed E-state index contributed by atoms with van der Waals surface area (Å²) in [5, 5.41) is 2.86. The van der Waals surface area contributed by atoms with Crippen molar-refractivity contribution in [3.63, 3.8) is 0 Å². The summed E-state index contributed by atoms with van der Waals surface area (Å²) in [4.78, 5) is 16.6. The van der Waals surface area contributed by atoms with Crippen LogP contribution in [0.15, 0.2) is 52.9 Å². The first-order valence-corrected chi connectivity index (χ1v) is 7.97. The lowest BCUT2D eigenvalue weighted by Gasteiger charge is -2.04. The number of benzene rings is 2. The van der Waals surface area contributed by atoms with Crippen molar-refractivity contribution in [2.45, 2.75) is 12.8 Å². The van der Waals surface area contributed by atoms with E-state index >= 15 is 0 Å². The van der Waals surface area contributed by atoms with Gasteiger partial charge in [0.25, 0.3) is 5.91 Å². The van der Waals surface area contributed by atoms with Gasteiger partial charge in [0, 0.05) is 32.2 Å². The standard InChI is InChI=1S/C19H20N2O3/c1-23-11-5-10-20-19(22)15-8-9-16-17(13-15)24-18(21-16)12-14-6-3-2-4-7-14/h2-4,6-9,13H,5,10-12H2,1H3,(H,20,22). The fraction of sp³-hybridized carbons (Fsp3) is 0.263. The number of aromatic nitrogens is 1. The van der Waals surface area contributed by atoms with E-state index in [1.54, 1.807) is 19.2 Å². The van der Waals surface area contributed by atoms with Crippen molar-refractivity contribution in [2.24, 2.45) is 0 Å². The molecule has 0 saturated heterocycles. The minimum atomic E-state index is -0.117. The smallest absolute Gasteiger partial charge is 0.251 e. The normalized spacial score (nSPS) is 10.9. The Morgan fingerprint density at radius 3 is 2.83 bits per heavy atom. The molecule has 5 nitrogen and oxygen atoms in total. The molecule has 2 aromatic carbocycles. The third-order valence-electron chi connectivity index (χ3n) is 3.70. The second-order valence-corrected chi connectivity index (χ2v) is 5.55. The number of fused-ring (bicyclic) bond motifs is 1. The molecule has 3 rings (SSSR count). The van der Waals surface area contributed by atoms with E-state index in [1.165, 1.54) is 0 Å². The van der Waals surface area contributed by atoms with Crippen LogP contribution in [0.3, 0.4) is 0 Å². The van der Waals surface area contributed by atoms with Crippen LogP contribution in [0.1, 0.15) is 28.2 Å². The Morgan fingerprint density at radius 1 is 1.21 bits per heavy atom. The van der Waals surface area contributed by atoms with Crippen molar-refractivity contribution in [3.05, 3.63) is 65.5 Å². The zero-order chi connectivity index (χ0) is 16.8.